The van der Waals surface area contributed by atoms with Crippen LogP contribution in [-0.2, 0) is 5.54 Å². The molecule has 0 radical (unpaired) electrons. The Morgan fingerprint density at radius 3 is 2.56 bits per heavy atom. The second-order valence-electron chi connectivity index (χ2n) is 9.71. The zero-order chi connectivity index (χ0) is 25.0. The Bertz CT molecular complexity index is 1450. The van der Waals surface area contributed by atoms with Crippen LogP contribution in [0.5, 0.6) is 0 Å². The number of nitrogens with two attached hydrogens (primary N) is 1. The van der Waals surface area contributed by atoms with Crippen molar-refractivity contribution >= 4 is 28.5 Å². The minimum absolute atomic E-state index is 0.00974. The fraction of sp³-hybridized carbons (Fsp3) is 0.333. The third-order valence-corrected chi connectivity index (χ3v) is 7.75. The van der Waals surface area contributed by atoms with Crippen LogP contribution in [0.25, 0.3) is 22.0 Å². The molecule has 1 aliphatic heterocycles. The smallest absolute Gasteiger partial charge is 0.314 e. The van der Waals surface area contributed by atoms with Crippen molar-refractivity contribution in [1.29, 1.82) is 0 Å². The molecule has 2 aromatic carbocycles. The van der Waals surface area contributed by atoms with Crippen molar-refractivity contribution in [2.75, 3.05) is 19.6 Å². The molecule has 36 heavy (non-hydrogen) atoms. The first-order valence-corrected chi connectivity index (χ1v) is 12.5. The minimum Gasteiger partial charge on any atom is -0.361 e. The number of hydrogen-bond acceptors (Lipinski definition) is 6. The fourth-order valence-corrected chi connectivity index (χ4v) is 5.92. The van der Waals surface area contributed by atoms with Gasteiger partial charge in [0, 0.05) is 30.6 Å². The van der Waals surface area contributed by atoms with E-state index >= 15 is 0 Å². The van der Waals surface area contributed by atoms with Gasteiger partial charge in [0.15, 0.2) is 0 Å². The van der Waals surface area contributed by atoms with E-state index in [0.717, 1.165) is 57.6 Å². The fourth-order valence-electron chi connectivity index (χ4n) is 5.74. The predicted octanol–water partition coefficient (Wildman–Crippen LogP) is 4.98. The van der Waals surface area contributed by atoms with E-state index in [-0.39, 0.29) is 22.9 Å². The highest BCUT2D eigenvalue weighted by molar-refractivity contribution is 6.28. The van der Waals surface area contributed by atoms with E-state index in [9.17, 15) is 4.79 Å². The largest absolute Gasteiger partial charge is 0.361 e. The van der Waals surface area contributed by atoms with Gasteiger partial charge in [0.05, 0.1) is 28.5 Å². The summed E-state index contributed by atoms with van der Waals surface area (Å²) < 4.78 is 5.43. The van der Waals surface area contributed by atoms with E-state index in [0.29, 0.717) is 19.6 Å². The second kappa shape index (κ2) is 8.57. The van der Waals surface area contributed by atoms with Gasteiger partial charge in [-0.15, -0.1) is 0 Å². The first-order valence-electron chi connectivity index (χ1n) is 12.1. The van der Waals surface area contributed by atoms with E-state index in [1.165, 1.54) is 0 Å². The lowest BCUT2D eigenvalue weighted by molar-refractivity contribution is 0.0420. The average molecular weight is 503 g/mol. The Labute approximate surface area is 214 Å². The number of amides is 2. The number of fused-ring (bicyclic) bond motifs is 1. The minimum atomic E-state index is -0.389. The third kappa shape index (κ3) is 3.72. The van der Waals surface area contributed by atoms with Gasteiger partial charge in [-0.2, -0.15) is 0 Å². The van der Waals surface area contributed by atoms with E-state index in [2.05, 4.69) is 33.2 Å². The maximum absolute atomic E-state index is 12.1. The highest BCUT2D eigenvalue weighted by atomic mass is 35.5. The van der Waals surface area contributed by atoms with Gasteiger partial charge < -0.3 is 15.2 Å². The van der Waals surface area contributed by atoms with Gasteiger partial charge in [0.25, 0.3) is 0 Å². The zero-order valence-corrected chi connectivity index (χ0v) is 21.0. The monoisotopic (exact) mass is 502 g/mol. The quantitative estimate of drug-likeness (QED) is 0.395. The molecule has 184 valence electrons. The summed E-state index contributed by atoms with van der Waals surface area (Å²) in [5, 5.41) is 5.34. The van der Waals surface area contributed by atoms with Crippen LogP contribution in [-0.4, -0.2) is 50.6 Å². The average Bonchev–Trinajstić information content (AvgIpc) is 3.62. The Kier molecular flexibility index (Phi) is 5.46. The number of aryl methyl sites for hydroxylation is 2. The molecular weight excluding hydrogens is 476 g/mol. The molecule has 1 saturated heterocycles. The van der Waals surface area contributed by atoms with Crippen molar-refractivity contribution in [1.82, 2.24) is 24.9 Å². The van der Waals surface area contributed by atoms with Crippen LogP contribution in [0.1, 0.15) is 41.6 Å². The zero-order valence-electron chi connectivity index (χ0n) is 20.2. The van der Waals surface area contributed by atoms with Gasteiger partial charge in [-0.05, 0) is 61.5 Å². The van der Waals surface area contributed by atoms with Crippen molar-refractivity contribution in [3.63, 3.8) is 0 Å². The molecule has 8 nitrogen and oxygen atoms in total. The Morgan fingerprint density at radius 1 is 1.11 bits per heavy atom. The number of aromatic nitrogens is 3. The molecule has 0 unspecified atom stereocenters. The molecule has 2 N–H and O–H groups in total. The summed E-state index contributed by atoms with van der Waals surface area (Å²) in [7, 11) is 0. The summed E-state index contributed by atoms with van der Waals surface area (Å²) in [5.74, 6) is 0.774. The molecular formula is C27H27ClN6O2. The van der Waals surface area contributed by atoms with E-state index in [1.54, 1.807) is 4.90 Å². The molecule has 2 amide bonds. The van der Waals surface area contributed by atoms with Crippen molar-refractivity contribution in [3.05, 3.63) is 76.5 Å². The first kappa shape index (κ1) is 22.9. The molecule has 1 atom stereocenters. The summed E-state index contributed by atoms with van der Waals surface area (Å²) >= 11 is 6.47. The van der Waals surface area contributed by atoms with Gasteiger partial charge in [0.2, 0.25) is 5.28 Å². The number of nitrogens with zero attached hydrogens (tertiary/aromatic N) is 5. The number of urea groups is 1. The molecule has 0 spiro atoms. The van der Waals surface area contributed by atoms with Crippen molar-refractivity contribution in [2.24, 2.45) is 5.73 Å². The number of primary amides is 1. The number of hydrogen-bond donors (Lipinski definition) is 1. The first-order chi connectivity index (χ1) is 17.4. The number of piperazine rings is 1. The van der Waals surface area contributed by atoms with Crippen LogP contribution >= 0.6 is 11.6 Å². The van der Waals surface area contributed by atoms with Crippen LogP contribution in [0.2, 0.25) is 5.28 Å². The SMILES string of the molecule is Cc1noc(C)c1-c1ccc2nc(Cl)nc(C3(N4CCN(C(N)=O)C[C@@H]4c4ccccc4)CC3)c2c1. The summed E-state index contributed by atoms with van der Waals surface area (Å²) in [5.41, 5.74) is 11.1. The molecule has 3 heterocycles. The molecule has 2 aromatic heterocycles. The Hall–Kier alpha value is -3.49. The molecule has 2 aliphatic rings. The number of halogens is 1. The number of rotatable bonds is 4. The highest BCUT2D eigenvalue weighted by Gasteiger charge is 2.55. The third-order valence-electron chi connectivity index (χ3n) is 7.58. The second-order valence-corrected chi connectivity index (χ2v) is 10.0. The van der Waals surface area contributed by atoms with Crippen LogP contribution in [0, 0.1) is 13.8 Å². The topological polar surface area (TPSA) is 101 Å². The summed E-state index contributed by atoms with van der Waals surface area (Å²) in [4.78, 5) is 25.7. The van der Waals surface area contributed by atoms with E-state index in [1.807, 2.05) is 44.2 Å². The summed E-state index contributed by atoms with van der Waals surface area (Å²) in [6, 6.07) is 16.0. The van der Waals surface area contributed by atoms with Crippen molar-refractivity contribution in [3.8, 4) is 11.1 Å². The number of carbonyl (C=O) groups excluding carboxylic acids is 1. The van der Waals surface area contributed by atoms with Crippen molar-refractivity contribution < 1.29 is 9.32 Å². The predicted molar refractivity (Wildman–Crippen MR) is 137 cm³/mol. The molecule has 4 aromatic rings. The lowest BCUT2D eigenvalue weighted by atomic mass is 9.94. The maximum atomic E-state index is 12.1. The molecule has 9 heteroatoms. The van der Waals surface area contributed by atoms with E-state index in [4.69, 9.17) is 26.8 Å². The Balaban J connectivity index is 1.49. The highest BCUT2D eigenvalue weighted by Crippen LogP contribution is 2.55. The van der Waals surface area contributed by atoms with Crippen LogP contribution < -0.4 is 5.73 Å². The maximum Gasteiger partial charge on any atom is 0.314 e. The molecule has 2 fully saturated rings. The lowest BCUT2D eigenvalue weighted by Crippen LogP contribution is -2.55. The normalized spacial score (nSPS) is 19.5. The van der Waals surface area contributed by atoms with Gasteiger partial charge in [-0.1, -0.05) is 41.6 Å². The van der Waals surface area contributed by atoms with Gasteiger partial charge >= 0.3 is 6.03 Å². The van der Waals surface area contributed by atoms with E-state index < -0.39 is 0 Å². The molecule has 1 aliphatic carbocycles. The molecule has 6 rings (SSSR count). The van der Waals surface area contributed by atoms with Crippen LogP contribution in [0.15, 0.2) is 53.1 Å². The summed E-state index contributed by atoms with van der Waals surface area (Å²) in [6.07, 6.45) is 1.90. The Morgan fingerprint density at radius 2 is 1.89 bits per heavy atom. The van der Waals surface area contributed by atoms with Crippen LogP contribution in [0.4, 0.5) is 4.79 Å². The lowest BCUT2D eigenvalue weighted by Gasteiger charge is -2.45. The van der Waals surface area contributed by atoms with Crippen molar-refractivity contribution in [2.45, 2.75) is 38.3 Å². The van der Waals surface area contributed by atoms with Gasteiger partial charge in [-0.25, -0.2) is 14.8 Å². The molecule has 0 bridgehead atoms. The number of benzene rings is 2. The van der Waals surface area contributed by atoms with Gasteiger partial charge in [-0.3, -0.25) is 4.90 Å². The standard InChI is InChI=1S/C27H27ClN6O2/c1-16-23(17(2)36-32-16)19-8-9-21-20(14-19)24(31-25(28)30-21)27(10-11-27)34-13-12-33(26(29)35)15-22(34)18-6-4-3-5-7-18/h3-9,14,22H,10-13,15H2,1-2H3,(H2,29,35)/t22-/m1/s1. The van der Waals surface area contributed by atoms with Crippen LogP contribution in [0.3, 0.4) is 0 Å². The number of carbonyl (C=O) groups is 1. The summed E-state index contributed by atoms with van der Waals surface area (Å²) in [6.45, 7) is 5.66. The van der Waals surface area contributed by atoms with Gasteiger partial charge in [0.1, 0.15) is 5.76 Å². The molecule has 1 saturated carbocycles.